The molecule has 3 nitrogen and oxygen atoms in total. The van der Waals surface area contributed by atoms with Crippen molar-refractivity contribution in [1.29, 1.82) is 0 Å². The number of ether oxygens (including phenoxy) is 1. The second kappa shape index (κ2) is 8.29. The molecule has 0 aliphatic rings. The third kappa shape index (κ3) is 6.40. The third-order valence-corrected chi connectivity index (χ3v) is 3.41. The highest BCUT2D eigenvalue weighted by atomic mass is 19.3. The average Bonchev–Trinajstić information content (AvgIpc) is 2.36. The molecule has 1 N–H and O–H groups in total. The predicted octanol–water partition coefficient (Wildman–Crippen LogP) is 3.52. The van der Waals surface area contributed by atoms with Gasteiger partial charge in [0.2, 0.25) is 0 Å². The van der Waals surface area contributed by atoms with Crippen LogP contribution in [0.2, 0.25) is 0 Å². The first-order valence-electron chi connectivity index (χ1n) is 7.25. The summed E-state index contributed by atoms with van der Waals surface area (Å²) in [7, 11) is 4.08. The van der Waals surface area contributed by atoms with Crippen molar-refractivity contribution in [3.63, 3.8) is 0 Å². The van der Waals surface area contributed by atoms with Gasteiger partial charge in [0.1, 0.15) is 5.75 Å². The van der Waals surface area contributed by atoms with Gasteiger partial charge in [-0.05, 0) is 44.6 Å². The van der Waals surface area contributed by atoms with Crippen molar-refractivity contribution in [2.24, 2.45) is 5.92 Å². The molecule has 2 unspecified atom stereocenters. The molecule has 1 aromatic rings. The zero-order chi connectivity index (χ0) is 16.0. The summed E-state index contributed by atoms with van der Waals surface area (Å²) in [5.74, 6) is 0.681. The molecule has 0 spiro atoms. The Labute approximate surface area is 126 Å². The first kappa shape index (κ1) is 17.9. The lowest BCUT2D eigenvalue weighted by atomic mass is 10.0. The maximum Gasteiger partial charge on any atom is 0.387 e. The predicted molar refractivity (Wildman–Crippen MR) is 81.8 cm³/mol. The Bertz CT molecular complexity index is 424. The molecule has 120 valence electrons. The number of rotatable bonds is 8. The van der Waals surface area contributed by atoms with Crippen LogP contribution in [0.15, 0.2) is 24.3 Å². The molecule has 1 aromatic carbocycles. The quantitative estimate of drug-likeness (QED) is 0.795. The SMILES string of the molecule is CC(NC(CN(C)C)C(C)C)c1cccc(OC(F)F)c1. The Hall–Kier alpha value is -1.20. The van der Waals surface area contributed by atoms with E-state index in [1.165, 1.54) is 0 Å². The minimum absolute atomic E-state index is 0.0681. The largest absolute Gasteiger partial charge is 0.435 e. The van der Waals surface area contributed by atoms with Gasteiger partial charge in [-0.3, -0.25) is 0 Å². The second-order valence-electron chi connectivity index (χ2n) is 5.95. The summed E-state index contributed by atoms with van der Waals surface area (Å²) in [6.45, 7) is 4.51. The number of hydrogen-bond donors (Lipinski definition) is 1. The van der Waals surface area contributed by atoms with Crippen LogP contribution in [0.25, 0.3) is 0 Å². The van der Waals surface area contributed by atoms with Crippen molar-refractivity contribution in [2.75, 3.05) is 20.6 Å². The Morgan fingerprint density at radius 3 is 2.38 bits per heavy atom. The molecule has 0 aromatic heterocycles. The highest BCUT2D eigenvalue weighted by Crippen LogP contribution is 2.21. The zero-order valence-corrected chi connectivity index (χ0v) is 13.4. The molecule has 0 bridgehead atoms. The summed E-state index contributed by atoms with van der Waals surface area (Å²) in [6, 6.07) is 7.26. The zero-order valence-electron chi connectivity index (χ0n) is 13.4. The van der Waals surface area contributed by atoms with E-state index in [0.29, 0.717) is 12.0 Å². The van der Waals surface area contributed by atoms with Crippen LogP contribution in [0.1, 0.15) is 32.4 Å². The number of hydrogen-bond acceptors (Lipinski definition) is 3. The monoisotopic (exact) mass is 300 g/mol. The van der Waals surface area contributed by atoms with E-state index < -0.39 is 6.61 Å². The second-order valence-corrected chi connectivity index (χ2v) is 5.95. The lowest BCUT2D eigenvalue weighted by molar-refractivity contribution is -0.0499. The van der Waals surface area contributed by atoms with E-state index in [1.807, 2.05) is 27.1 Å². The Balaban J connectivity index is 2.75. The Kier molecular flexibility index (Phi) is 7.05. The van der Waals surface area contributed by atoms with Crippen molar-refractivity contribution in [2.45, 2.75) is 39.5 Å². The topological polar surface area (TPSA) is 24.5 Å². The summed E-state index contributed by atoms with van der Waals surface area (Å²) >= 11 is 0. The molecule has 0 saturated heterocycles. The van der Waals surface area contributed by atoms with E-state index in [1.54, 1.807) is 18.2 Å². The molecule has 0 heterocycles. The molecule has 0 aliphatic carbocycles. The third-order valence-electron chi connectivity index (χ3n) is 3.41. The van der Waals surface area contributed by atoms with E-state index in [4.69, 9.17) is 0 Å². The van der Waals surface area contributed by atoms with E-state index in [2.05, 4.69) is 28.8 Å². The maximum absolute atomic E-state index is 12.3. The lowest BCUT2D eigenvalue weighted by Gasteiger charge is -2.29. The highest BCUT2D eigenvalue weighted by molar-refractivity contribution is 5.30. The number of nitrogens with one attached hydrogen (secondary N) is 1. The molecule has 0 aliphatic heterocycles. The molecule has 0 saturated carbocycles. The minimum Gasteiger partial charge on any atom is -0.435 e. The van der Waals surface area contributed by atoms with Gasteiger partial charge in [0.25, 0.3) is 0 Å². The molecule has 0 amide bonds. The summed E-state index contributed by atoms with van der Waals surface area (Å²) in [6.07, 6.45) is 0. The fourth-order valence-corrected chi connectivity index (χ4v) is 2.23. The van der Waals surface area contributed by atoms with Crippen LogP contribution in [0, 0.1) is 5.92 Å². The van der Waals surface area contributed by atoms with Crippen molar-refractivity contribution < 1.29 is 13.5 Å². The van der Waals surface area contributed by atoms with Crippen LogP contribution in [0.5, 0.6) is 5.75 Å². The molecule has 21 heavy (non-hydrogen) atoms. The lowest BCUT2D eigenvalue weighted by Crippen LogP contribution is -2.43. The van der Waals surface area contributed by atoms with Crippen LogP contribution in [-0.4, -0.2) is 38.2 Å². The van der Waals surface area contributed by atoms with Gasteiger partial charge in [-0.2, -0.15) is 8.78 Å². The van der Waals surface area contributed by atoms with Crippen LogP contribution in [0.3, 0.4) is 0 Å². The van der Waals surface area contributed by atoms with Crippen LogP contribution < -0.4 is 10.1 Å². The fourth-order valence-electron chi connectivity index (χ4n) is 2.23. The van der Waals surface area contributed by atoms with Gasteiger partial charge >= 0.3 is 6.61 Å². The number of halogens is 2. The highest BCUT2D eigenvalue weighted by Gasteiger charge is 2.18. The number of alkyl halides is 2. The molecule has 1 rings (SSSR count). The van der Waals surface area contributed by atoms with Crippen LogP contribution in [0.4, 0.5) is 8.78 Å². The van der Waals surface area contributed by atoms with Crippen molar-refractivity contribution >= 4 is 0 Å². The molecule has 0 fully saturated rings. The van der Waals surface area contributed by atoms with Crippen molar-refractivity contribution in [1.82, 2.24) is 10.2 Å². The Morgan fingerprint density at radius 2 is 1.86 bits per heavy atom. The van der Waals surface area contributed by atoms with E-state index >= 15 is 0 Å². The maximum atomic E-state index is 12.3. The number of benzene rings is 1. The van der Waals surface area contributed by atoms with Gasteiger partial charge in [0.15, 0.2) is 0 Å². The first-order valence-corrected chi connectivity index (χ1v) is 7.25. The van der Waals surface area contributed by atoms with Crippen LogP contribution >= 0.6 is 0 Å². The number of likely N-dealkylation sites (N-methyl/N-ethyl adjacent to an activating group) is 1. The standard InChI is InChI=1S/C16H26F2N2O/c1-11(2)15(10-20(4)5)19-12(3)13-7-6-8-14(9-13)21-16(17)18/h6-9,11-12,15-16,19H,10H2,1-5H3. The van der Waals surface area contributed by atoms with E-state index in [0.717, 1.165) is 12.1 Å². The summed E-state index contributed by atoms with van der Waals surface area (Å²) in [5, 5.41) is 3.56. The average molecular weight is 300 g/mol. The smallest absolute Gasteiger partial charge is 0.387 e. The molecular formula is C16H26F2N2O. The first-order chi connectivity index (χ1) is 9.79. The minimum atomic E-state index is -2.79. The van der Waals surface area contributed by atoms with Crippen LogP contribution in [-0.2, 0) is 0 Å². The summed E-state index contributed by atoms with van der Waals surface area (Å²) < 4.78 is 29.0. The molecule has 0 radical (unpaired) electrons. The molecule has 5 heteroatoms. The van der Waals surface area contributed by atoms with Gasteiger partial charge in [-0.1, -0.05) is 26.0 Å². The van der Waals surface area contributed by atoms with Gasteiger partial charge in [0.05, 0.1) is 0 Å². The molecular weight excluding hydrogens is 274 g/mol. The normalized spacial score (nSPS) is 14.8. The van der Waals surface area contributed by atoms with Gasteiger partial charge in [-0.15, -0.1) is 0 Å². The van der Waals surface area contributed by atoms with Gasteiger partial charge in [-0.25, -0.2) is 0 Å². The van der Waals surface area contributed by atoms with Gasteiger partial charge < -0.3 is 15.0 Å². The van der Waals surface area contributed by atoms with Gasteiger partial charge in [0, 0.05) is 18.6 Å². The van der Waals surface area contributed by atoms with Crippen molar-refractivity contribution in [3.05, 3.63) is 29.8 Å². The summed E-state index contributed by atoms with van der Waals surface area (Å²) in [5.41, 5.74) is 0.942. The van der Waals surface area contributed by atoms with E-state index in [-0.39, 0.29) is 11.8 Å². The number of nitrogens with zero attached hydrogens (tertiary/aromatic N) is 1. The molecule has 2 atom stereocenters. The summed E-state index contributed by atoms with van der Waals surface area (Å²) in [4.78, 5) is 2.14. The fraction of sp³-hybridized carbons (Fsp3) is 0.625. The van der Waals surface area contributed by atoms with E-state index in [9.17, 15) is 8.78 Å². The van der Waals surface area contributed by atoms with Crippen molar-refractivity contribution in [3.8, 4) is 5.75 Å². The Morgan fingerprint density at radius 1 is 1.19 bits per heavy atom.